The number of aliphatic carboxylic acids is 2. The van der Waals surface area contributed by atoms with Gasteiger partial charge in [0, 0.05) is 19.3 Å². The van der Waals surface area contributed by atoms with E-state index in [1.165, 1.54) is 225 Å². The van der Waals surface area contributed by atoms with Gasteiger partial charge in [-0.05, 0) is 70.6 Å². The molecule has 4 N–H and O–H groups in total. The van der Waals surface area contributed by atoms with Crippen LogP contribution in [0.5, 0.6) is 0 Å². The molecule has 0 spiro atoms. The van der Waals surface area contributed by atoms with Gasteiger partial charge in [0.05, 0.1) is 6.61 Å². The van der Waals surface area contributed by atoms with E-state index in [0.717, 1.165) is 38.5 Å². The normalized spacial score (nSPS) is 11.6. The second-order valence-corrected chi connectivity index (χ2v) is 18.7. The number of carbonyl (C=O) groups is 3. The molecule has 0 aromatic carbocycles. The largest absolute Gasteiger partial charge is 0.481 e. The number of aliphatic hydroxyl groups excluding tert-OH is 2. The summed E-state index contributed by atoms with van der Waals surface area (Å²) in [7, 11) is 0. The molecular formula is C57H110O8. The van der Waals surface area contributed by atoms with Gasteiger partial charge in [0.15, 0.2) is 0 Å². The lowest BCUT2D eigenvalue weighted by Gasteiger charge is -2.08. The second-order valence-electron chi connectivity index (χ2n) is 18.7. The molecule has 0 saturated heterocycles. The molecule has 0 aliphatic carbocycles. The molecule has 0 rings (SSSR count). The number of unbranched alkanes of at least 4 members (excludes halogenated alkanes) is 36. The first-order valence-electron chi connectivity index (χ1n) is 27.9. The zero-order valence-corrected chi connectivity index (χ0v) is 43.3. The van der Waals surface area contributed by atoms with Crippen molar-refractivity contribution in [1.29, 1.82) is 0 Å². The summed E-state index contributed by atoms with van der Waals surface area (Å²) in [5, 5.41) is 34.7. The molecule has 0 bridgehead atoms. The number of esters is 1. The third kappa shape index (κ3) is 71.0. The van der Waals surface area contributed by atoms with Gasteiger partial charge in [0.25, 0.3) is 0 Å². The Morgan fingerprint density at radius 3 is 0.846 bits per heavy atom. The average Bonchev–Trinajstić information content (AvgIpc) is 3.29. The summed E-state index contributed by atoms with van der Waals surface area (Å²) in [6.07, 6.45) is 61.5. The fourth-order valence-electron chi connectivity index (χ4n) is 7.65. The Bertz CT molecular complexity index is 946. The highest BCUT2D eigenvalue weighted by atomic mass is 16.5. The summed E-state index contributed by atoms with van der Waals surface area (Å²) >= 11 is 0. The van der Waals surface area contributed by atoms with Gasteiger partial charge in [0.1, 0.15) is 12.7 Å². The molecule has 0 aliphatic rings. The first-order valence-corrected chi connectivity index (χ1v) is 27.9. The third-order valence-electron chi connectivity index (χ3n) is 11.9. The molecule has 0 amide bonds. The van der Waals surface area contributed by atoms with Crippen LogP contribution < -0.4 is 0 Å². The Hall–Kier alpha value is -2.19. The summed E-state index contributed by atoms with van der Waals surface area (Å²) in [6.45, 7) is 6.31. The molecule has 1 atom stereocenters. The zero-order valence-electron chi connectivity index (χ0n) is 43.3. The third-order valence-corrected chi connectivity index (χ3v) is 11.9. The highest BCUT2D eigenvalue weighted by Gasteiger charge is 2.07. The molecule has 386 valence electrons. The number of hydrogen-bond acceptors (Lipinski definition) is 6. The van der Waals surface area contributed by atoms with Crippen molar-refractivity contribution in [3.05, 3.63) is 24.3 Å². The Balaban J connectivity index is -0.000000896. The fraction of sp³-hybridized carbons (Fsp3) is 0.877. The Kier molecular flexibility index (Phi) is 63.8. The first kappa shape index (κ1) is 67.1. The standard InChI is InChI=1S/C21H42O4.2C18H34O2/c1-2-3-4-5-6-7-8-9-10-11-12-13-14-15-16-17-21(24)25-19-20(23)18-22;2*1-2-3-4-5-6-7-8-9-10-11-12-13-14-15-16-17-18(19)20/h20,22-23H,2-19H2,1H3;2*9-10H,2-8,11-17H2,1H3,(H,19,20)/b;2*10-9-. The topological polar surface area (TPSA) is 141 Å². The fourth-order valence-corrected chi connectivity index (χ4v) is 7.65. The van der Waals surface area contributed by atoms with E-state index < -0.39 is 18.0 Å². The van der Waals surface area contributed by atoms with Crippen LogP contribution in [-0.4, -0.2) is 57.7 Å². The van der Waals surface area contributed by atoms with E-state index in [9.17, 15) is 14.4 Å². The smallest absolute Gasteiger partial charge is 0.305 e. The summed E-state index contributed by atoms with van der Waals surface area (Å²) in [5.41, 5.74) is 0. The molecule has 0 radical (unpaired) electrons. The minimum Gasteiger partial charge on any atom is -0.481 e. The SMILES string of the molecule is CCCCCCCC/C=C\CCCCCCCC(=O)O.CCCCCCCC/C=C\CCCCCCCC(=O)O.CCCCCCCCCCCCCCCCCC(=O)OCC(O)CO. The molecule has 0 fully saturated rings. The van der Waals surface area contributed by atoms with E-state index in [1.807, 2.05) is 0 Å². The lowest BCUT2D eigenvalue weighted by Crippen LogP contribution is -2.21. The molecule has 0 aromatic rings. The quantitative estimate of drug-likeness (QED) is 0.0269. The summed E-state index contributed by atoms with van der Waals surface area (Å²) in [5.74, 6) is -1.60. The van der Waals surface area contributed by atoms with Crippen molar-refractivity contribution in [3.8, 4) is 0 Å². The highest BCUT2D eigenvalue weighted by Crippen LogP contribution is 2.15. The van der Waals surface area contributed by atoms with Crippen molar-refractivity contribution in [3.63, 3.8) is 0 Å². The minimum atomic E-state index is -0.954. The van der Waals surface area contributed by atoms with Gasteiger partial charge in [-0.15, -0.1) is 0 Å². The predicted molar refractivity (Wildman–Crippen MR) is 278 cm³/mol. The van der Waals surface area contributed by atoms with E-state index in [1.54, 1.807) is 0 Å². The van der Waals surface area contributed by atoms with E-state index >= 15 is 0 Å². The van der Waals surface area contributed by atoms with Crippen LogP contribution in [0.3, 0.4) is 0 Å². The first-order chi connectivity index (χ1) is 31.7. The van der Waals surface area contributed by atoms with Gasteiger partial charge in [-0.1, -0.05) is 238 Å². The number of carboxylic acid groups (broad SMARTS) is 2. The van der Waals surface area contributed by atoms with Crippen LogP contribution in [-0.2, 0) is 19.1 Å². The van der Waals surface area contributed by atoms with E-state index in [2.05, 4.69) is 45.1 Å². The van der Waals surface area contributed by atoms with Crippen LogP contribution in [0.1, 0.15) is 303 Å². The lowest BCUT2D eigenvalue weighted by atomic mass is 10.0. The number of hydrogen-bond donors (Lipinski definition) is 4. The molecule has 8 nitrogen and oxygen atoms in total. The lowest BCUT2D eigenvalue weighted by molar-refractivity contribution is -0.147. The van der Waals surface area contributed by atoms with E-state index in [-0.39, 0.29) is 19.2 Å². The van der Waals surface area contributed by atoms with Gasteiger partial charge in [-0.3, -0.25) is 14.4 Å². The van der Waals surface area contributed by atoms with Crippen LogP contribution in [0.25, 0.3) is 0 Å². The molecular weight excluding hydrogens is 813 g/mol. The van der Waals surface area contributed by atoms with Crippen molar-refractivity contribution in [2.45, 2.75) is 309 Å². The molecule has 0 aromatic heterocycles. The maximum Gasteiger partial charge on any atom is 0.305 e. The van der Waals surface area contributed by atoms with Crippen molar-refractivity contribution in [1.82, 2.24) is 0 Å². The highest BCUT2D eigenvalue weighted by molar-refractivity contribution is 5.69. The maximum atomic E-state index is 11.4. The number of aliphatic hydroxyl groups is 2. The second kappa shape index (κ2) is 61.8. The van der Waals surface area contributed by atoms with Crippen LogP contribution in [0.4, 0.5) is 0 Å². The van der Waals surface area contributed by atoms with Crippen LogP contribution in [0, 0.1) is 0 Å². The molecule has 8 heteroatoms. The maximum absolute atomic E-state index is 11.4. The predicted octanol–water partition coefficient (Wildman–Crippen LogP) is 17.4. The van der Waals surface area contributed by atoms with Gasteiger partial charge in [0.2, 0.25) is 0 Å². The van der Waals surface area contributed by atoms with Crippen LogP contribution in [0.15, 0.2) is 24.3 Å². The Labute approximate surface area is 403 Å². The van der Waals surface area contributed by atoms with Crippen molar-refractivity contribution < 1.29 is 39.5 Å². The van der Waals surface area contributed by atoms with Crippen LogP contribution in [0.2, 0.25) is 0 Å². The van der Waals surface area contributed by atoms with Crippen molar-refractivity contribution >= 4 is 17.9 Å². The Morgan fingerprint density at radius 1 is 0.369 bits per heavy atom. The Morgan fingerprint density at radius 2 is 0.600 bits per heavy atom. The molecule has 1 unspecified atom stereocenters. The van der Waals surface area contributed by atoms with Crippen molar-refractivity contribution in [2.75, 3.05) is 13.2 Å². The number of carbonyl (C=O) groups excluding carboxylic acids is 1. The monoisotopic (exact) mass is 923 g/mol. The van der Waals surface area contributed by atoms with Gasteiger partial charge in [-0.2, -0.15) is 0 Å². The summed E-state index contributed by atoms with van der Waals surface area (Å²) in [6, 6.07) is 0. The van der Waals surface area contributed by atoms with E-state index in [0.29, 0.717) is 19.3 Å². The van der Waals surface area contributed by atoms with Gasteiger partial charge in [-0.25, -0.2) is 0 Å². The zero-order chi connectivity index (χ0) is 48.4. The summed E-state index contributed by atoms with van der Waals surface area (Å²) in [4.78, 5) is 32.0. The number of allylic oxidation sites excluding steroid dienone is 4. The minimum absolute atomic E-state index is 0.103. The molecule has 0 saturated carbocycles. The molecule has 0 heterocycles. The molecule has 0 aliphatic heterocycles. The van der Waals surface area contributed by atoms with E-state index in [4.69, 9.17) is 25.2 Å². The average molecular weight is 923 g/mol. The van der Waals surface area contributed by atoms with Gasteiger partial charge < -0.3 is 25.2 Å². The number of carboxylic acids is 2. The number of ether oxygens (including phenoxy) is 1. The van der Waals surface area contributed by atoms with Crippen LogP contribution >= 0.6 is 0 Å². The van der Waals surface area contributed by atoms with Crippen molar-refractivity contribution in [2.24, 2.45) is 0 Å². The number of rotatable bonds is 49. The molecule has 65 heavy (non-hydrogen) atoms. The summed E-state index contributed by atoms with van der Waals surface area (Å²) < 4.78 is 4.86. The van der Waals surface area contributed by atoms with Gasteiger partial charge >= 0.3 is 17.9 Å².